The van der Waals surface area contributed by atoms with Crippen molar-refractivity contribution in [2.75, 3.05) is 26.7 Å². The van der Waals surface area contributed by atoms with Gasteiger partial charge in [0.15, 0.2) is 0 Å². The Balaban J connectivity index is 2.51. The quantitative estimate of drug-likeness (QED) is 0.799. The minimum atomic E-state index is -0.188. The highest BCUT2D eigenvalue weighted by Crippen LogP contribution is 2.25. The Morgan fingerprint density at radius 2 is 1.84 bits per heavy atom. The zero-order chi connectivity index (χ0) is 14.4. The third-order valence-electron chi connectivity index (χ3n) is 4.49. The minimum Gasteiger partial charge on any atom is -0.393 e. The monoisotopic (exact) mass is 270 g/mol. The van der Waals surface area contributed by atoms with Gasteiger partial charge in [0, 0.05) is 19.6 Å². The number of aliphatic hydroxyl groups is 1. The van der Waals surface area contributed by atoms with E-state index >= 15 is 0 Å². The largest absolute Gasteiger partial charge is 0.393 e. The molecule has 1 saturated carbocycles. The van der Waals surface area contributed by atoms with Gasteiger partial charge in [0.2, 0.25) is 5.91 Å². The molecule has 0 spiro atoms. The van der Waals surface area contributed by atoms with Crippen LogP contribution < -0.4 is 0 Å². The first-order valence-electron chi connectivity index (χ1n) is 7.68. The van der Waals surface area contributed by atoms with Gasteiger partial charge in [-0.1, -0.05) is 12.8 Å². The number of nitrogens with zero attached hydrogens (tertiary/aromatic N) is 2. The molecule has 3 atom stereocenters. The van der Waals surface area contributed by atoms with Crippen molar-refractivity contribution < 1.29 is 9.90 Å². The van der Waals surface area contributed by atoms with E-state index in [1.54, 1.807) is 0 Å². The molecule has 0 aromatic heterocycles. The third kappa shape index (κ3) is 4.46. The van der Waals surface area contributed by atoms with E-state index in [1.165, 1.54) is 6.42 Å². The van der Waals surface area contributed by atoms with Gasteiger partial charge in [-0.05, 0) is 46.6 Å². The van der Waals surface area contributed by atoms with Crippen molar-refractivity contribution >= 4 is 5.91 Å². The van der Waals surface area contributed by atoms with E-state index in [0.717, 1.165) is 38.9 Å². The molecule has 1 N–H and O–H groups in total. The zero-order valence-corrected chi connectivity index (χ0v) is 12.9. The van der Waals surface area contributed by atoms with E-state index in [4.69, 9.17) is 0 Å². The van der Waals surface area contributed by atoms with Crippen LogP contribution in [0.4, 0.5) is 0 Å². The molecule has 1 aliphatic rings. The summed E-state index contributed by atoms with van der Waals surface area (Å²) in [4.78, 5) is 16.3. The second-order valence-electron chi connectivity index (χ2n) is 5.74. The van der Waals surface area contributed by atoms with Crippen molar-refractivity contribution in [3.8, 4) is 0 Å². The van der Waals surface area contributed by atoms with Crippen LogP contribution >= 0.6 is 0 Å². The first-order valence-corrected chi connectivity index (χ1v) is 7.68. The molecule has 4 heteroatoms. The summed E-state index contributed by atoms with van der Waals surface area (Å²) >= 11 is 0. The summed E-state index contributed by atoms with van der Waals surface area (Å²) in [6.07, 6.45) is 4.14. The number of amides is 1. The Labute approximate surface area is 117 Å². The van der Waals surface area contributed by atoms with Crippen LogP contribution in [0.15, 0.2) is 0 Å². The van der Waals surface area contributed by atoms with Crippen LogP contribution in [0.1, 0.15) is 46.5 Å². The van der Waals surface area contributed by atoms with Crippen LogP contribution in [0.5, 0.6) is 0 Å². The van der Waals surface area contributed by atoms with E-state index < -0.39 is 0 Å². The number of likely N-dealkylation sites (N-methyl/N-ethyl adjacent to an activating group) is 2. The van der Waals surface area contributed by atoms with Crippen molar-refractivity contribution in [1.29, 1.82) is 0 Å². The molecule has 0 bridgehead atoms. The summed E-state index contributed by atoms with van der Waals surface area (Å²) in [5.74, 6) is 0.517. The van der Waals surface area contributed by atoms with Gasteiger partial charge in [0.1, 0.15) is 0 Å². The van der Waals surface area contributed by atoms with Gasteiger partial charge in [-0.2, -0.15) is 0 Å². The summed E-state index contributed by atoms with van der Waals surface area (Å²) in [5, 5.41) is 10.0. The topological polar surface area (TPSA) is 43.8 Å². The number of aliphatic hydroxyl groups excluding tert-OH is 1. The lowest BCUT2D eigenvalue weighted by Gasteiger charge is -2.35. The van der Waals surface area contributed by atoms with Crippen molar-refractivity contribution in [1.82, 2.24) is 9.80 Å². The fraction of sp³-hybridized carbons (Fsp3) is 0.933. The lowest BCUT2D eigenvalue weighted by molar-refractivity contribution is -0.136. The van der Waals surface area contributed by atoms with E-state index in [9.17, 15) is 9.90 Å². The molecule has 112 valence electrons. The third-order valence-corrected chi connectivity index (χ3v) is 4.49. The summed E-state index contributed by atoms with van der Waals surface area (Å²) in [6, 6.07) is -0.103. The predicted octanol–water partition coefficient (Wildman–Crippen LogP) is 1.73. The van der Waals surface area contributed by atoms with E-state index in [0.29, 0.717) is 5.92 Å². The van der Waals surface area contributed by atoms with Gasteiger partial charge in [-0.25, -0.2) is 0 Å². The number of carbonyl (C=O) groups is 1. The van der Waals surface area contributed by atoms with Gasteiger partial charge >= 0.3 is 0 Å². The number of rotatable bonds is 6. The maximum absolute atomic E-state index is 12.3. The van der Waals surface area contributed by atoms with E-state index in [2.05, 4.69) is 4.90 Å². The highest BCUT2D eigenvalue weighted by Gasteiger charge is 2.28. The van der Waals surface area contributed by atoms with E-state index in [-0.39, 0.29) is 18.1 Å². The molecule has 0 aromatic carbocycles. The molecule has 1 fully saturated rings. The molecule has 3 unspecified atom stereocenters. The first-order chi connectivity index (χ1) is 9.01. The summed E-state index contributed by atoms with van der Waals surface area (Å²) in [7, 11) is 1.99. The highest BCUT2D eigenvalue weighted by atomic mass is 16.3. The molecule has 0 aromatic rings. The molecule has 19 heavy (non-hydrogen) atoms. The lowest BCUT2D eigenvalue weighted by atomic mass is 9.86. The molecule has 1 aliphatic carbocycles. The second kappa shape index (κ2) is 7.85. The standard InChI is InChI=1S/C15H30N2O2/c1-5-17(6-2)15(19)12(3)16(4)11-13-9-7-8-10-14(13)18/h12-14,18H,5-11H2,1-4H3. The molecule has 0 aliphatic heterocycles. The van der Waals surface area contributed by atoms with Crippen molar-refractivity contribution in [2.45, 2.75) is 58.6 Å². The van der Waals surface area contributed by atoms with Crippen LogP contribution in [0.3, 0.4) is 0 Å². The minimum absolute atomic E-state index is 0.103. The van der Waals surface area contributed by atoms with Crippen molar-refractivity contribution in [3.63, 3.8) is 0 Å². The van der Waals surface area contributed by atoms with Gasteiger partial charge in [-0.15, -0.1) is 0 Å². The van der Waals surface area contributed by atoms with Crippen LogP contribution in [-0.2, 0) is 4.79 Å². The van der Waals surface area contributed by atoms with Gasteiger partial charge in [0.05, 0.1) is 12.1 Å². The Kier molecular flexibility index (Phi) is 6.80. The highest BCUT2D eigenvalue weighted by molar-refractivity contribution is 5.81. The number of carbonyl (C=O) groups excluding carboxylic acids is 1. The Morgan fingerprint density at radius 3 is 2.37 bits per heavy atom. The van der Waals surface area contributed by atoms with Crippen molar-refractivity contribution in [2.24, 2.45) is 5.92 Å². The molecule has 0 heterocycles. The molecule has 0 radical (unpaired) electrons. The molecule has 1 amide bonds. The fourth-order valence-corrected chi connectivity index (χ4v) is 2.92. The van der Waals surface area contributed by atoms with Crippen LogP contribution in [0.2, 0.25) is 0 Å². The molecule has 1 rings (SSSR count). The fourth-order valence-electron chi connectivity index (χ4n) is 2.92. The van der Waals surface area contributed by atoms with Gasteiger partial charge < -0.3 is 10.0 Å². The Morgan fingerprint density at radius 1 is 1.26 bits per heavy atom. The first kappa shape index (κ1) is 16.4. The SMILES string of the molecule is CCN(CC)C(=O)C(C)N(C)CC1CCCCC1O. The maximum atomic E-state index is 12.3. The zero-order valence-electron chi connectivity index (χ0n) is 12.9. The van der Waals surface area contributed by atoms with Crippen molar-refractivity contribution in [3.05, 3.63) is 0 Å². The summed E-state index contributed by atoms with van der Waals surface area (Å²) in [6.45, 7) is 8.34. The molecular weight excluding hydrogens is 240 g/mol. The summed E-state index contributed by atoms with van der Waals surface area (Å²) in [5.41, 5.74) is 0. The van der Waals surface area contributed by atoms with Gasteiger partial charge in [0.25, 0.3) is 0 Å². The smallest absolute Gasteiger partial charge is 0.239 e. The van der Waals surface area contributed by atoms with Crippen LogP contribution in [0, 0.1) is 5.92 Å². The van der Waals surface area contributed by atoms with Gasteiger partial charge in [-0.3, -0.25) is 9.69 Å². The average molecular weight is 270 g/mol. The Hall–Kier alpha value is -0.610. The average Bonchev–Trinajstić information content (AvgIpc) is 2.41. The number of hydrogen-bond acceptors (Lipinski definition) is 3. The Bertz CT molecular complexity index is 279. The summed E-state index contributed by atoms with van der Waals surface area (Å²) < 4.78 is 0. The molecular formula is C15H30N2O2. The molecule has 0 saturated heterocycles. The van der Waals surface area contributed by atoms with Crippen LogP contribution in [-0.4, -0.2) is 59.6 Å². The lowest BCUT2D eigenvalue weighted by Crippen LogP contribution is -2.48. The van der Waals surface area contributed by atoms with Crippen LogP contribution in [0.25, 0.3) is 0 Å². The van der Waals surface area contributed by atoms with E-state index in [1.807, 2.05) is 32.7 Å². The normalized spacial score (nSPS) is 25.4. The maximum Gasteiger partial charge on any atom is 0.239 e. The second-order valence-corrected chi connectivity index (χ2v) is 5.74. The predicted molar refractivity (Wildman–Crippen MR) is 78.0 cm³/mol. The number of hydrogen-bond donors (Lipinski definition) is 1. The molecule has 4 nitrogen and oxygen atoms in total.